The van der Waals surface area contributed by atoms with Crippen molar-refractivity contribution < 1.29 is 9.36 Å². The van der Waals surface area contributed by atoms with Crippen LogP contribution in [0.3, 0.4) is 0 Å². The lowest BCUT2D eigenvalue weighted by Gasteiger charge is -2.21. The van der Waals surface area contributed by atoms with Crippen molar-refractivity contribution in [1.29, 1.82) is 0 Å². The number of hydrogen-bond donors (Lipinski definition) is 0. The second-order valence-electron chi connectivity index (χ2n) is 8.09. The van der Waals surface area contributed by atoms with Crippen molar-refractivity contribution in [3.8, 4) is 0 Å². The predicted molar refractivity (Wildman–Crippen MR) is 152 cm³/mol. The highest BCUT2D eigenvalue weighted by Crippen LogP contribution is 2.48. The molecule has 9 heteroatoms. The first-order valence-electron chi connectivity index (χ1n) is 11.0. The molecule has 4 rings (SSSR count). The van der Waals surface area contributed by atoms with Crippen molar-refractivity contribution >= 4 is 76.1 Å². The molecule has 0 amide bonds. The molecule has 0 N–H and O–H groups in total. The number of carbonyl (C=O) groups is 1. The molecule has 182 valence electrons. The first-order valence-corrected chi connectivity index (χ1v) is 14.3. The van der Waals surface area contributed by atoms with Gasteiger partial charge in [0.1, 0.15) is 0 Å². The van der Waals surface area contributed by atoms with E-state index in [9.17, 15) is 4.79 Å². The van der Waals surface area contributed by atoms with Gasteiger partial charge in [0.2, 0.25) is 0 Å². The molecular formula is C26H26Cl2N3OS3+. The van der Waals surface area contributed by atoms with Crippen molar-refractivity contribution in [3.05, 3.63) is 89.1 Å². The second kappa shape index (κ2) is 11.4. The largest absolute Gasteiger partial charge is 0.369 e. The maximum atomic E-state index is 12.3. The molecule has 0 bridgehead atoms. The molecule has 0 aliphatic carbocycles. The van der Waals surface area contributed by atoms with Gasteiger partial charge < -0.3 is 9.80 Å². The van der Waals surface area contributed by atoms with Crippen LogP contribution in [0, 0.1) is 6.92 Å². The molecule has 0 atom stereocenters. The summed E-state index contributed by atoms with van der Waals surface area (Å²) in [6.45, 7) is 5.56. The average Bonchev–Trinajstić information content (AvgIpc) is 3.42. The normalized spacial score (nSPS) is 14.8. The first-order chi connectivity index (χ1) is 16.8. The van der Waals surface area contributed by atoms with Gasteiger partial charge in [-0.15, -0.1) is 0 Å². The van der Waals surface area contributed by atoms with Crippen molar-refractivity contribution in [2.45, 2.75) is 25.3 Å². The molecule has 0 unspecified atom stereocenters. The van der Waals surface area contributed by atoms with Crippen molar-refractivity contribution in [2.24, 2.45) is 0 Å². The van der Waals surface area contributed by atoms with E-state index in [-0.39, 0.29) is 0 Å². The Kier molecular flexibility index (Phi) is 8.55. The van der Waals surface area contributed by atoms with Crippen LogP contribution in [-0.2, 0) is 11.3 Å². The lowest BCUT2D eigenvalue weighted by Crippen LogP contribution is -2.35. The Bertz CT molecular complexity index is 1300. The van der Waals surface area contributed by atoms with Crippen LogP contribution in [0.5, 0.6) is 0 Å². The van der Waals surface area contributed by atoms with Crippen LogP contribution in [0.2, 0.25) is 10.0 Å². The van der Waals surface area contributed by atoms with Crippen LogP contribution in [0.4, 0.5) is 5.69 Å². The van der Waals surface area contributed by atoms with E-state index in [0.717, 1.165) is 44.0 Å². The van der Waals surface area contributed by atoms with E-state index in [1.807, 2.05) is 43.9 Å². The number of aromatic nitrogens is 1. The van der Waals surface area contributed by atoms with Gasteiger partial charge in [0.25, 0.3) is 5.01 Å². The molecule has 0 saturated carbocycles. The Balaban J connectivity index is 1.67. The van der Waals surface area contributed by atoms with Crippen LogP contribution < -0.4 is 9.47 Å². The zero-order valence-electron chi connectivity index (χ0n) is 19.9. The number of rotatable bonds is 8. The molecule has 0 spiro atoms. The van der Waals surface area contributed by atoms with Crippen LogP contribution in [0.1, 0.15) is 23.1 Å². The zero-order chi connectivity index (χ0) is 25.1. The minimum Gasteiger partial charge on any atom is -0.369 e. The Morgan fingerprint density at radius 3 is 2.66 bits per heavy atom. The van der Waals surface area contributed by atoms with Gasteiger partial charge in [0.15, 0.2) is 19.0 Å². The van der Waals surface area contributed by atoms with E-state index < -0.39 is 0 Å². The third-order valence-electron chi connectivity index (χ3n) is 5.72. The summed E-state index contributed by atoms with van der Waals surface area (Å²) in [5, 5.41) is 6.33. The first kappa shape index (κ1) is 26.2. The summed E-state index contributed by atoms with van der Waals surface area (Å²) in [6.07, 6.45) is 5.12. The monoisotopic (exact) mass is 562 g/mol. The Morgan fingerprint density at radius 2 is 1.97 bits per heavy atom. The molecule has 1 aliphatic rings. The fourth-order valence-corrected chi connectivity index (χ4v) is 7.21. The van der Waals surface area contributed by atoms with E-state index in [1.165, 1.54) is 17.3 Å². The quantitative estimate of drug-likeness (QED) is 0.163. The van der Waals surface area contributed by atoms with Crippen LogP contribution in [-0.4, -0.2) is 31.8 Å². The SMILES string of the molecule is CCN(C)/C(=C/c1scc[n+]1Cc1c(Cl)cccc1Cl)S/C(C=O)=C1/Sc2ccc(C)cc2N1C. The van der Waals surface area contributed by atoms with Crippen LogP contribution >= 0.6 is 58.1 Å². The molecule has 3 aromatic rings. The summed E-state index contributed by atoms with van der Waals surface area (Å²) < 4.78 is 2.13. The molecule has 1 aliphatic heterocycles. The molecule has 2 aromatic carbocycles. The maximum Gasteiger partial charge on any atom is 0.264 e. The van der Waals surface area contributed by atoms with Gasteiger partial charge in [0.05, 0.1) is 47.7 Å². The molecule has 2 heterocycles. The summed E-state index contributed by atoms with van der Waals surface area (Å²) in [5.41, 5.74) is 3.22. The summed E-state index contributed by atoms with van der Waals surface area (Å²) in [7, 11) is 4.06. The summed E-state index contributed by atoms with van der Waals surface area (Å²) in [5.74, 6) is 0. The minimum absolute atomic E-state index is 0.566. The van der Waals surface area contributed by atoms with E-state index in [4.69, 9.17) is 23.2 Å². The number of thioether (sulfide) groups is 2. The number of nitrogens with zero attached hydrogens (tertiary/aromatic N) is 3. The van der Waals surface area contributed by atoms with Gasteiger partial charge in [-0.05, 0) is 43.7 Å². The molecule has 0 saturated heterocycles. The number of carbonyl (C=O) groups excluding carboxylic acids is 1. The Morgan fingerprint density at radius 1 is 1.23 bits per heavy atom. The Hall–Kier alpha value is -1.90. The summed E-state index contributed by atoms with van der Waals surface area (Å²) in [4.78, 5) is 18.4. The second-order valence-corrected chi connectivity index (χ2v) is 11.9. The fraction of sp³-hybridized carbons (Fsp3) is 0.231. The smallest absolute Gasteiger partial charge is 0.264 e. The summed E-state index contributed by atoms with van der Waals surface area (Å²) >= 11 is 17.6. The van der Waals surface area contributed by atoms with Crippen LogP contribution in [0.15, 0.2) is 67.8 Å². The average molecular weight is 564 g/mol. The van der Waals surface area contributed by atoms with E-state index in [0.29, 0.717) is 21.5 Å². The number of fused-ring (bicyclic) bond motifs is 1. The predicted octanol–water partition coefficient (Wildman–Crippen LogP) is 7.29. The lowest BCUT2D eigenvalue weighted by atomic mass is 10.2. The topological polar surface area (TPSA) is 27.4 Å². The van der Waals surface area contributed by atoms with Crippen molar-refractivity contribution in [3.63, 3.8) is 0 Å². The third-order valence-corrected chi connectivity index (χ3v) is 9.81. The number of thiazole rings is 1. The number of allylic oxidation sites excluding steroid dienone is 1. The minimum atomic E-state index is 0.566. The number of anilines is 1. The third kappa shape index (κ3) is 5.75. The summed E-state index contributed by atoms with van der Waals surface area (Å²) in [6, 6.07) is 11.9. The van der Waals surface area contributed by atoms with Gasteiger partial charge in [-0.25, -0.2) is 0 Å². The molecule has 35 heavy (non-hydrogen) atoms. The number of hydrogen-bond acceptors (Lipinski definition) is 6. The highest BCUT2D eigenvalue weighted by molar-refractivity contribution is 8.09. The highest BCUT2D eigenvalue weighted by atomic mass is 35.5. The van der Waals surface area contributed by atoms with Gasteiger partial charge in [-0.1, -0.05) is 70.2 Å². The van der Waals surface area contributed by atoms with Crippen molar-refractivity contribution in [2.75, 3.05) is 25.5 Å². The van der Waals surface area contributed by atoms with Crippen LogP contribution in [0.25, 0.3) is 6.08 Å². The van der Waals surface area contributed by atoms with Gasteiger partial charge in [0, 0.05) is 25.5 Å². The molecule has 1 aromatic heterocycles. The number of benzene rings is 2. The molecule has 0 fully saturated rings. The zero-order valence-corrected chi connectivity index (χ0v) is 23.9. The van der Waals surface area contributed by atoms with Gasteiger partial charge in [-0.3, -0.25) is 4.79 Å². The number of aryl methyl sites for hydroxylation is 1. The fourth-order valence-electron chi connectivity index (χ4n) is 3.60. The maximum absolute atomic E-state index is 12.3. The van der Waals surface area contributed by atoms with Gasteiger partial charge in [-0.2, -0.15) is 4.57 Å². The molecule has 0 radical (unpaired) electrons. The van der Waals surface area contributed by atoms with E-state index >= 15 is 0 Å². The van der Waals surface area contributed by atoms with Crippen molar-refractivity contribution in [1.82, 2.24) is 4.90 Å². The lowest BCUT2D eigenvalue weighted by molar-refractivity contribution is -0.685. The van der Waals surface area contributed by atoms with E-state index in [1.54, 1.807) is 23.1 Å². The standard InChI is InChI=1S/C26H26Cl2N3OS3/c1-5-29(3)24(14-25-31(11-12-33-25)15-18-19(27)7-6-8-20(18)28)34-23(16-32)26-30(4)21-13-17(2)9-10-22(21)35-26/h6-14,16H,5,15H2,1-4H3/q+1/b26-23+. The van der Waals surface area contributed by atoms with E-state index in [2.05, 4.69) is 52.5 Å². The van der Waals surface area contributed by atoms with Gasteiger partial charge >= 0.3 is 0 Å². The highest BCUT2D eigenvalue weighted by Gasteiger charge is 2.27. The Labute approximate surface area is 229 Å². The number of aldehydes is 1. The molecular weight excluding hydrogens is 537 g/mol. The molecule has 4 nitrogen and oxygen atoms in total. The number of halogens is 2.